The van der Waals surface area contributed by atoms with Crippen molar-refractivity contribution in [3.8, 4) is 11.1 Å². The van der Waals surface area contributed by atoms with Crippen molar-refractivity contribution < 1.29 is 9.90 Å². The SMILES string of the molecule is CC(Nc1nc2c(=O)c(C(=O)O)cn(Cc3ccccc3-c3ccccc3)c2s1)c1ccccc1. The lowest BCUT2D eigenvalue weighted by atomic mass is 9.99. The second-order valence-corrected chi connectivity index (χ2v) is 9.26. The lowest BCUT2D eigenvalue weighted by molar-refractivity contribution is 0.0695. The summed E-state index contributed by atoms with van der Waals surface area (Å²) < 4.78 is 1.82. The number of pyridine rings is 1. The van der Waals surface area contributed by atoms with E-state index in [9.17, 15) is 14.7 Å². The van der Waals surface area contributed by atoms with Gasteiger partial charge in [-0.2, -0.15) is 0 Å². The molecule has 174 valence electrons. The van der Waals surface area contributed by atoms with E-state index in [1.807, 2.05) is 96.4 Å². The van der Waals surface area contributed by atoms with Crippen molar-refractivity contribution in [1.82, 2.24) is 9.55 Å². The number of carboxylic acid groups (broad SMARTS) is 1. The molecule has 6 nitrogen and oxygen atoms in total. The lowest BCUT2D eigenvalue weighted by Crippen LogP contribution is -2.19. The third-order valence-corrected chi connectivity index (χ3v) is 6.95. The first-order valence-electron chi connectivity index (χ1n) is 11.2. The van der Waals surface area contributed by atoms with Gasteiger partial charge in [-0.1, -0.05) is 96.3 Å². The summed E-state index contributed by atoms with van der Waals surface area (Å²) in [4.78, 5) is 30.0. The molecule has 2 N–H and O–H groups in total. The zero-order valence-electron chi connectivity index (χ0n) is 19.0. The Balaban J connectivity index is 1.59. The molecule has 0 saturated carbocycles. The molecule has 7 heteroatoms. The Kier molecular flexibility index (Phi) is 6.16. The average molecular weight is 482 g/mol. The van der Waals surface area contributed by atoms with Gasteiger partial charge in [0, 0.05) is 12.7 Å². The summed E-state index contributed by atoms with van der Waals surface area (Å²) in [6.07, 6.45) is 1.43. The molecular weight excluding hydrogens is 458 g/mol. The Bertz CT molecular complexity index is 1560. The van der Waals surface area contributed by atoms with Crippen LogP contribution in [0.1, 0.15) is 34.5 Å². The molecular formula is C28H23N3O3S. The first kappa shape index (κ1) is 22.6. The third kappa shape index (κ3) is 4.58. The quantitative estimate of drug-likeness (QED) is 0.296. The number of fused-ring (bicyclic) bond motifs is 1. The molecule has 1 atom stereocenters. The standard InChI is InChI=1S/C28H23N3O3S/c1-18(19-10-4-2-5-11-19)29-28-30-24-25(32)23(27(33)34)17-31(26(24)35-28)16-21-14-8-9-15-22(21)20-12-6-3-7-13-20/h2-15,17-18H,16H2,1H3,(H,29,30)(H,33,34). The summed E-state index contributed by atoms with van der Waals surface area (Å²) in [6, 6.07) is 28.0. The van der Waals surface area contributed by atoms with Crippen LogP contribution < -0.4 is 10.7 Å². The Labute approximate surface area is 206 Å². The van der Waals surface area contributed by atoms with Gasteiger partial charge in [0.25, 0.3) is 0 Å². The van der Waals surface area contributed by atoms with Gasteiger partial charge >= 0.3 is 5.97 Å². The number of aromatic nitrogens is 2. The second kappa shape index (κ2) is 9.56. The molecule has 2 aromatic heterocycles. The Morgan fingerprint density at radius 3 is 2.37 bits per heavy atom. The number of thiazole rings is 1. The number of benzene rings is 3. The smallest absolute Gasteiger partial charge is 0.341 e. The first-order chi connectivity index (χ1) is 17.0. The van der Waals surface area contributed by atoms with Crippen LogP contribution in [0.25, 0.3) is 21.5 Å². The van der Waals surface area contributed by atoms with E-state index in [4.69, 9.17) is 0 Å². The van der Waals surface area contributed by atoms with Crippen molar-refractivity contribution in [3.05, 3.63) is 118 Å². The molecule has 0 spiro atoms. The fourth-order valence-corrected chi connectivity index (χ4v) is 5.16. The predicted molar refractivity (Wildman–Crippen MR) is 140 cm³/mol. The number of hydrogen-bond acceptors (Lipinski definition) is 5. The van der Waals surface area contributed by atoms with Crippen LogP contribution in [0.2, 0.25) is 0 Å². The van der Waals surface area contributed by atoms with Crippen LogP contribution in [-0.2, 0) is 6.54 Å². The van der Waals surface area contributed by atoms with Gasteiger partial charge in [0.2, 0.25) is 5.43 Å². The summed E-state index contributed by atoms with van der Waals surface area (Å²) >= 11 is 1.35. The molecule has 0 radical (unpaired) electrons. The molecule has 0 amide bonds. The van der Waals surface area contributed by atoms with E-state index >= 15 is 0 Å². The fourth-order valence-electron chi connectivity index (χ4n) is 4.14. The highest BCUT2D eigenvalue weighted by molar-refractivity contribution is 7.21. The van der Waals surface area contributed by atoms with Gasteiger partial charge in [0.15, 0.2) is 5.13 Å². The van der Waals surface area contributed by atoms with Gasteiger partial charge < -0.3 is 15.0 Å². The highest BCUT2D eigenvalue weighted by Gasteiger charge is 2.20. The molecule has 0 aliphatic rings. The fraction of sp³-hybridized carbons (Fsp3) is 0.107. The van der Waals surface area contributed by atoms with Crippen LogP contribution in [0.5, 0.6) is 0 Å². The number of carboxylic acids is 1. The lowest BCUT2D eigenvalue weighted by Gasteiger charge is -2.14. The molecule has 3 aromatic carbocycles. The minimum absolute atomic E-state index is 0.0296. The van der Waals surface area contributed by atoms with E-state index in [0.29, 0.717) is 16.5 Å². The van der Waals surface area contributed by atoms with Crippen LogP contribution in [-0.4, -0.2) is 20.6 Å². The van der Waals surface area contributed by atoms with Crippen LogP contribution in [0.3, 0.4) is 0 Å². The van der Waals surface area contributed by atoms with Gasteiger partial charge in [-0.05, 0) is 29.2 Å². The highest BCUT2D eigenvalue weighted by Crippen LogP contribution is 2.30. The normalized spacial score (nSPS) is 11.9. The largest absolute Gasteiger partial charge is 0.477 e. The zero-order valence-corrected chi connectivity index (χ0v) is 19.8. The third-order valence-electron chi connectivity index (χ3n) is 5.93. The van der Waals surface area contributed by atoms with Crippen molar-refractivity contribution in [1.29, 1.82) is 0 Å². The van der Waals surface area contributed by atoms with Crippen molar-refractivity contribution in [3.63, 3.8) is 0 Å². The summed E-state index contributed by atoms with van der Waals surface area (Å²) in [5.41, 5.74) is 3.53. The van der Waals surface area contributed by atoms with Gasteiger partial charge in [0.05, 0.1) is 6.04 Å². The van der Waals surface area contributed by atoms with Gasteiger partial charge in [0.1, 0.15) is 15.9 Å². The molecule has 0 aliphatic heterocycles. The van der Waals surface area contributed by atoms with Gasteiger partial charge in [-0.25, -0.2) is 9.78 Å². The van der Waals surface area contributed by atoms with Crippen molar-refractivity contribution in [2.75, 3.05) is 5.32 Å². The molecule has 0 aliphatic carbocycles. The minimum atomic E-state index is -1.26. The molecule has 0 saturated heterocycles. The molecule has 0 bridgehead atoms. The van der Waals surface area contributed by atoms with Crippen molar-refractivity contribution >= 4 is 32.8 Å². The molecule has 5 aromatic rings. The summed E-state index contributed by atoms with van der Waals surface area (Å²) in [5.74, 6) is -1.26. The van der Waals surface area contributed by atoms with Gasteiger partial charge in [-0.3, -0.25) is 4.79 Å². The van der Waals surface area contributed by atoms with Crippen LogP contribution >= 0.6 is 11.3 Å². The monoisotopic (exact) mass is 481 g/mol. The van der Waals surface area contributed by atoms with E-state index in [0.717, 1.165) is 22.3 Å². The van der Waals surface area contributed by atoms with E-state index < -0.39 is 11.4 Å². The van der Waals surface area contributed by atoms with E-state index in [1.165, 1.54) is 17.5 Å². The van der Waals surface area contributed by atoms with Crippen LogP contribution in [0.4, 0.5) is 5.13 Å². The Morgan fingerprint density at radius 2 is 1.66 bits per heavy atom. The zero-order chi connectivity index (χ0) is 24.4. The first-order valence-corrected chi connectivity index (χ1v) is 12.0. The number of nitrogens with zero attached hydrogens (tertiary/aromatic N) is 2. The minimum Gasteiger partial charge on any atom is -0.477 e. The molecule has 5 rings (SSSR count). The van der Waals surface area contributed by atoms with Crippen molar-refractivity contribution in [2.45, 2.75) is 19.5 Å². The van der Waals surface area contributed by atoms with E-state index in [1.54, 1.807) is 0 Å². The maximum Gasteiger partial charge on any atom is 0.341 e. The number of aromatic carboxylic acids is 1. The van der Waals surface area contributed by atoms with Gasteiger partial charge in [-0.15, -0.1) is 0 Å². The predicted octanol–water partition coefficient (Wildman–Crippen LogP) is 6.04. The number of anilines is 1. The average Bonchev–Trinajstić information content (AvgIpc) is 3.31. The molecule has 1 unspecified atom stereocenters. The second-order valence-electron chi connectivity index (χ2n) is 8.28. The maximum atomic E-state index is 13.0. The molecule has 35 heavy (non-hydrogen) atoms. The summed E-state index contributed by atoms with van der Waals surface area (Å²) in [6.45, 7) is 2.42. The number of carbonyl (C=O) groups is 1. The van der Waals surface area contributed by atoms with E-state index in [-0.39, 0.29) is 17.1 Å². The number of rotatable bonds is 7. The summed E-state index contributed by atoms with van der Waals surface area (Å²) in [7, 11) is 0. The molecule has 2 heterocycles. The number of hydrogen-bond donors (Lipinski definition) is 2. The topological polar surface area (TPSA) is 84.2 Å². The summed E-state index contributed by atoms with van der Waals surface area (Å²) in [5, 5.41) is 13.6. The number of nitrogens with one attached hydrogen (secondary N) is 1. The Morgan fingerprint density at radius 1 is 1.00 bits per heavy atom. The van der Waals surface area contributed by atoms with Crippen LogP contribution in [0.15, 0.2) is 95.9 Å². The molecule has 0 fully saturated rings. The van der Waals surface area contributed by atoms with E-state index in [2.05, 4.69) is 10.3 Å². The maximum absolute atomic E-state index is 13.0. The Hall–Kier alpha value is -4.23. The van der Waals surface area contributed by atoms with Crippen molar-refractivity contribution in [2.24, 2.45) is 0 Å². The highest BCUT2D eigenvalue weighted by atomic mass is 32.1. The van der Waals surface area contributed by atoms with Crippen LogP contribution in [0, 0.1) is 0 Å².